The minimum absolute atomic E-state index is 0.137. The Hall–Kier alpha value is -0.590. The molecule has 0 unspecified atom stereocenters. The van der Waals surface area contributed by atoms with Crippen molar-refractivity contribution in [1.82, 2.24) is 0 Å². The molecule has 0 spiro atoms. The van der Waals surface area contributed by atoms with Gasteiger partial charge in [-0.25, -0.2) is 0 Å². The van der Waals surface area contributed by atoms with E-state index in [1.807, 2.05) is 6.08 Å². The molecule has 1 heteroatoms. The minimum atomic E-state index is 0.137. The number of carbonyl (C=O) groups is 1. The van der Waals surface area contributed by atoms with Gasteiger partial charge in [0, 0.05) is 0 Å². The molecule has 0 radical (unpaired) electrons. The minimum Gasteiger partial charge on any atom is -0.295 e. The van der Waals surface area contributed by atoms with Gasteiger partial charge >= 0.3 is 0 Å². The number of carbonyl (C=O) groups excluding carboxylic acids is 1. The van der Waals surface area contributed by atoms with Crippen molar-refractivity contribution in [2.24, 2.45) is 0 Å². The number of hydrogen-bond donors (Lipinski definition) is 0. The Bertz CT molecular complexity index is 92.6. The lowest BCUT2D eigenvalue weighted by Gasteiger charge is -1.79. The van der Waals surface area contributed by atoms with Crippen LogP contribution >= 0.6 is 0 Å². The van der Waals surface area contributed by atoms with Crippen LogP contribution in [-0.2, 0) is 4.79 Å². The molecular formula is C7H12O. The van der Waals surface area contributed by atoms with Crippen LogP contribution in [0.25, 0.3) is 0 Å². The number of ketones is 1. The van der Waals surface area contributed by atoms with Gasteiger partial charge in [-0.05, 0) is 19.4 Å². The molecule has 0 saturated heterocycles. The molecule has 0 N–H and O–H groups in total. The first kappa shape index (κ1) is 7.41. The summed E-state index contributed by atoms with van der Waals surface area (Å²) in [4.78, 5) is 10.2. The normalized spacial score (nSPS) is 10.2. The standard InChI is InChI=1S/C7H12O/c1-3-4-5-6-7(2)8/h5-6H,3-4H2,1-2H3/b6-5-. The molecule has 0 aromatic heterocycles. The Morgan fingerprint density at radius 1 is 1.62 bits per heavy atom. The van der Waals surface area contributed by atoms with E-state index in [9.17, 15) is 4.79 Å². The second kappa shape index (κ2) is 4.57. The third kappa shape index (κ3) is 5.41. The summed E-state index contributed by atoms with van der Waals surface area (Å²) >= 11 is 0. The highest BCUT2D eigenvalue weighted by molar-refractivity contribution is 5.87. The van der Waals surface area contributed by atoms with Crippen LogP contribution in [0.5, 0.6) is 0 Å². The summed E-state index contributed by atoms with van der Waals surface area (Å²) in [5.74, 6) is 0.137. The van der Waals surface area contributed by atoms with Gasteiger partial charge in [0.2, 0.25) is 0 Å². The number of unbranched alkanes of at least 4 members (excludes halogenated alkanes) is 1. The van der Waals surface area contributed by atoms with E-state index in [-0.39, 0.29) is 5.78 Å². The van der Waals surface area contributed by atoms with E-state index in [0.717, 1.165) is 12.8 Å². The first-order valence-electron chi connectivity index (χ1n) is 2.94. The molecule has 0 aliphatic rings. The molecule has 0 aromatic carbocycles. The SMILES string of the molecule is CCC/C=C\C(C)=O. The van der Waals surface area contributed by atoms with Crippen LogP contribution in [0.2, 0.25) is 0 Å². The molecule has 0 amide bonds. The zero-order valence-electron chi connectivity index (χ0n) is 5.48. The van der Waals surface area contributed by atoms with Crippen molar-refractivity contribution >= 4 is 5.78 Å². The van der Waals surface area contributed by atoms with Gasteiger partial charge in [-0.15, -0.1) is 0 Å². The van der Waals surface area contributed by atoms with Gasteiger partial charge in [-0.3, -0.25) is 4.79 Å². The fourth-order valence-corrected chi connectivity index (χ4v) is 0.416. The Kier molecular flexibility index (Phi) is 4.23. The highest BCUT2D eigenvalue weighted by Crippen LogP contribution is 1.87. The van der Waals surface area contributed by atoms with Crippen molar-refractivity contribution in [2.75, 3.05) is 0 Å². The quantitative estimate of drug-likeness (QED) is 0.510. The van der Waals surface area contributed by atoms with Gasteiger partial charge in [-0.2, -0.15) is 0 Å². The van der Waals surface area contributed by atoms with Gasteiger partial charge in [0.25, 0.3) is 0 Å². The van der Waals surface area contributed by atoms with Crippen molar-refractivity contribution in [1.29, 1.82) is 0 Å². The fraction of sp³-hybridized carbons (Fsp3) is 0.571. The zero-order chi connectivity index (χ0) is 6.41. The fourth-order valence-electron chi connectivity index (χ4n) is 0.416. The topological polar surface area (TPSA) is 17.1 Å². The monoisotopic (exact) mass is 112 g/mol. The average Bonchev–Trinajstić information content (AvgIpc) is 1.66. The third-order valence-corrected chi connectivity index (χ3v) is 0.808. The van der Waals surface area contributed by atoms with Crippen LogP contribution < -0.4 is 0 Å². The first-order valence-corrected chi connectivity index (χ1v) is 2.94. The predicted molar refractivity (Wildman–Crippen MR) is 34.7 cm³/mol. The van der Waals surface area contributed by atoms with Crippen LogP contribution in [0.3, 0.4) is 0 Å². The average molecular weight is 112 g/mol. The van der Waals surface area contributed by atoms with Gasteiger partial charge in [0.05, 0.1) is 0 Å². The molecule has 0 heterocycles. The molecule has 0 fully saturated rings. The van der Waals surface area contributed by atoms with Gasteiger partial charge < -0.3 is 0 Å². The second-order valence-corrected chi connectivity index (χ2v) is 1.80. The Labute approximate surface area is 50.4 Å². The number of rotatable bonds is 3. The smallest absolute Gasteiger partial charge is 0.152 e. The molecular weight excluding hydrogens is 100 g/mol. The summed E-state index contributed by atoms with van der Waals surface area (Å²) in [7, 11) is 0. The predicted octanol–water partition coefficient (Wildman–Crippen LogP) is 1.93. The molecule has 0 rings (SSSR count). The summed E-state index contributed by atoms with van der Waals surface area (Å²) in [6, 6.07) is 0. The highest BCUT2D eigenvalue weighted by atomic mass is 16.1. The zero-order valence-corrected chi connectivity index (χ0v) is 5.48. The van der Waals surface area contributed by atoms with E-state index in [4.69, 9.17) is 0 Å². The molecule has 46 valence electrons. The lowest BCUT2D eigenvalue weighted by atomic mass is 10.3. The van der Waals surface area contributed by atoms with Gasteiger partial charge in [0.15, 0.2) is 5.78 Å². The third-order valence-electron chi connectivity index (χ3n) is 0.808. The summed E-state index contributed by atoms with van der Waals surface area (Å²) in [5.41, 5.74) is 0. The molecule has 8 heavy (non-hydrogen) atoms. The molecule has 0 aromatic rings. The van der Waals surface area contributed by atoms with Gasteiger partial charge in [-0.1, -0.05) is 19.4 Å². The van der Waals surface area contributed by atoms with Crippen LogP contribution in [0.1, 0.15) is 26.7 Å². The van der Waals surface area contributed by atoms with Crippen LogP contribution in [0, 0.1) is 0 Å². The highest BCUT2D eigenvalue weighted by Gasteiger charge is 1.78. The molecule has 0 aliphatic heterocycles. The van der Waals surface area contributed by atoms with Crippen LogP contribution in [0.15, 0.2) is 12.2 Å². The van der Waals surface area contributed by atoms with E-state index in [0.29, 0.717) is 0 Å². The molecule has 0 bridgehead atoms. The lowest BCUT2D eigenvalue weighted by Crippen LogP contribution is -1.78. The summed E-state index contributed by atoms with van der Waals surface area (Å²) in [6.45, 7) is 3.65. The number of hydrogen-bond acceptors (Lipinski definition) is 1. The van der Waals surface area contributed by atoms with Crippen molar-refractivity contribution < 1.29 is 4.79 Å². The molecule has 0 atom stereocenters. The molecule has 1 nitrogen and oxygen atoms in total. The lowest BCUT2D eigenvalue weighted by molar-refractivity contribution is -0.112. The Morgan fingerprint density at radius 3 is 2.62 bits per heavy atom. The maximum atomic E-state index is 10.2. The first-order chi connectivity index (χ1) is 3.77. The van der Waals surface area contributed by atoms with E-state index in [1.165, 1.54) is 0 Å². The molecule has 0 saturated carbocycles. The number of allylic oxidation sites excluding steroid dienone is 2. The Morgan fingerprint density at radius 2 is 2.25 bits per heavy atom. The Balaban J connectivity index is 3.20. The van der Waals surface area contributed by atoms with Crippen molar-refractivity contribution in [3.63, 3.8) is 0 Å². The van der Waals surface area contributed by atoms with E-state index < -0.39 is 0 Å². The van der Waals surface area contributed by atoms with Crippen LogP contribution in [0.4, 0.5) is 0 Å². The van der Waals surface area contributed by atoms with Crippen molar-refractivity contribution in [3.05, 3.63) is 12.2 Å². The van der Waals surface area contributed by atoms with Crippen molar-refractivity contribution in [2.45, 2.75) is 26.7 Å². The molecule has 0 aliphatic carbocycles. The van der Waals surface area contributed by atoms with E-state index in [2.05, 4.69) is 6.92 Å². The van der Waals surface area contributed by atoms with E-state index >= 15 is 0 Å². The van der Waals surface area contributed by atoms with Crippen LogP contribution in [-0.4, -0.2) is 5.78 Å². The second-order valence-electron chi connectivity index (χ2n) is 1.80. The van der Waals surface area contributed by atoms with E-state index in [1.54, 1.807) is 13.0 Å². The largest absolute Gasteiger partial charge is 0.295 e. The maximum absolute atomic E-state index is 10.2. The van der Waals surface area contributed by atoms with Crippen molar-refractivity contribution in [3.8, 4) is 0 Å². The maximum Gasteiger partial charge on any atom is 0.152 e. The van der Waals surface area contributed by atoms with Gasteiger partial charge in [0.1, 0.15) is 0 Å². The summed E-state index contributed by atoms with van der Waals surface area (Å²) < 4.78 is 0. The summed E-state index contributed by atoms with van der Waals surface area (Å²) in [6.07, 6.45) is 5.65. The summed E-state index contributed by atoms with van der Waals surface area (Å²) in [5, 5.41) is 0.